The lowest BCUT2D eigenvalue weighted by Gasteiger charge is -2.34. The van der Waals surface area contributed by atoms with Gasteiger partial charge >= 0.3 is 5.97 Å². The molecule has 0 spiro atoms. The Morgan fingerprint density at radius 2 is 1.89 bits per heavy atom. The number of carbonyl (C=O) groups excluding carboxylic acids is 3. The van der Waals surface area contributed by atoms with Gasteiger partial charge in [0.2, 0.25) is 11.8 Å². The highest BCUT2D eigenvalue weighted by atomic mass is 32.2. The molecule has 0 N–H and O–H groups in total. The van der Waals surface area contributed by atoms with E-state index in [9.17, 15) is 14.4 Å². The van der Waals surface area contributed by atoms with E-state index >= 15 is 0 Å². The second-order valence-corrected chi connectivity index (χ2v) is 7.42. The maximum Gasteiger partial charge on any atom is 0.309 e. The summed E-state index contributed by atoms with van der Waals surface area (Å²) in [5, 5.41) is 1.94. The van der Waals surface area contributed by atoms with E-state index in [1.807, 2.05) is 35.7 Å². The van der Waals surface area contributed by atoms with Crippen molar-refractivity contribution in [1.82, 2.24) is 9.80 Å². The number of benzene rings is 1. The van der Waals surface area contributed by atoms with E-state index in [1.165, 1.54) is 11.8 Å². The summed E-state index contributed by atoms with van der Waals surface area (Å²) in [6.45, 7) is 3.24. The smallest absolute Gasteiger partial charge is 0.309 e. The maximum atomic E-state index is 12.8. The lowest BCUT2D eigenvalue weighted by molar-refractivity contribution is -0.151. The monoisotopic (exact) mass is 388 g/mol. The fourth-order valence-electron chi connectivity index (χ4n) is 3.33. The molecule has 6 nitrogen and oxygen atoms in total. The molecule has 144 valence electrons. The topological polar surface area (TPSA) is 66.9 Å². The number of hydrogen-bond acceptors (Lipinski definition) is 5. The second kappa shape index (κ2) is 9.08. The van der Waals surface area contributed by atoms with Crippen LogP contribution in [0.3, 0.4) is 0 Å². The van der Waals surface area contributed by atoms with Gasteiger partial charge in [0.1, 0.15) is 6.54 Å². The van der Waals surface area contributed by atoms with E-state index in [0.717, 1.165) is 11.3 Å². The van der Waals surface area contributed by atoms with Crippen molar-refractivity contribution in [2.75, 3.05) is 32.0 Å². The van der Waals surface area contributed by atoms with E-state index in [2.05, 4.69) is 0 Å². The van der Waals surface area contributed by atoms with Gasteiger partial charge in [0, 0.05) is 13.1 Å². The SMILES string of the molecule is CCOC(=O)C1CCN(C(=O)CN2C(=O)CSC=C2c2ccccc2)CC1. The predicted molar refractivity (Wildman–Crippen MR) is 105 cm³/mol. The molecule has 0 bridgehead atoms. The molecule has 2 aliphatic heterocycles. The van der Waals surface area contributed by atoms with Crippen LogP contribution in [0.4, 0.5) is 0 Å². The van der Waals surface area contributed by atoms with Crippen LogP contribution in [0.1, 0.15) is 25.3 Å². The van der Waals surface area contributed by atoms with Crippen LogP contribution < -0.4 is 0 Å². The summed E-state index contributed by atoms with van der Waals surface area (Å²) in [5.74, 6) is -0.117. The number of thioether (sulfide) groups is 1. The molecule has 0 atom stereocenters. The molecule has 7 heteroatoms. The van der Waals surface area contributed by atoms with Crippen LogP contribution in [0.25, 0.3) is 5.70 Å². The average Bonchev–Trinajstić information content (AvgIpc) is 2.70. The molecule has 1 fully saturated rings. The molecule has 1 aromatic carbocycles. The Morgan fingerprint density at radius 1 is 1.19 bits per heavy atom. The van der Waals surface area contributed by atoms with E-state index in [0.29, 0.717) is 38.3 Å². The van der Waals surface area contributed by atoms with Crippen LogP contribution in [-0.2, 0) is 19.1 Å². The number of ether oxygens (including phenoxy) is 1. The number of carbonyl (C=O) groups is 3. The van der Waals surface area contributed by atoms with Gasteiger partial charge < -0.3 is 14.5 Å². The first kappa shape index (κ1) is 19.5. The van der Waals surface area contributed by atoms with Crippen LogP contribution in [0, 0.1) is 5.92 Å². The van der Waals surface area contributed by atoms with Crippen LogP contribution >= 0.6 is 11.8 Å². The van der Waals surface area contributed by atoms with Crippen LogP contribution in [0.2, 0.25) is 0 Å². The van der Waals surface area contributed by atoms with E-state index in [4.69, 9.17) is 4.74 Å². The van der Waals surface area contributed by atoms with Gasteiger partial charge in [-0.25, -0.2) is 0 Å². The fraction of sp³-hybridized carbons (Fsp3) is 0.450. The number of esters is 1. The Balaban J connectivity index is 1.63. The predicted octanol–water partition coefficient (Wildman–Crippen LogP) is 2.36. The minimum absolute atomic E-state index is 0.0319. The summed E-state index contributed by atoms with van der Waals surface area (Å²) in [7, 11) is 0. The van der Waals surface area contributed by atoms with Gasteiger partial charge in [0.05, 0.1) is 24.0 Å². The molecule has 0 saturated carbocycles. The summed E-state index contributed by atoms with van der Waals surface area (Å²) in [6, 6.07) is 9.63. The van der Waals surface area contributed by atoms with E-state index < -0.39 is 0 Å². The van der Waals surface area contributed by atoms with Crippen LogP contribution in [0.5, 0.6) is 0 Å². The molecule has 1 saturated heterocycles. The zero-order chi connectivity index (χ0) is 19.2. The minimum atomic E-state index is -0.179. The van der Waals surface area contributed by atoms with Crippen LogP contribution in [0.15, 0.2) is 35.7 Å². The van der Waals surface area contributed by atoms with Crippen molar-refractivity contribution in [1.29, 1.82) is 0 Å². The van der Waals surface area contributed by atoms with Crippen LogP contribution in [-0.4, -0.2) is 59.6 Å². The van der Waals surface area contributed by atoms with E-state index in [-0.39, 0.29) is 30.2 Å². The second-order valence-electron chi connectivity index (χ2n) is 6.57. The van der Waals surface area contributed by atoms with Crippen molar-refractivity contribution in [2.24, 2.45) is 5.92 Å². The standard InChI is InChI=1S/C20H24N2O4S/c1-2-26-20(25)16-8-10-21(11-9-16)18(23)12-22-17(13-27-14-19(22)24)15-6-4-3-5-7-15/h3-7,13,16H,2,8-12,14H2,1H3. The third kappa shape index (κ3) is 4.71. The Kier molecular flexibility index (Phi) is 6.55. The molecular formula is C20H24N2O4S. The number of piperidine rings is 1. The Hall–Kier alpha value is -2.28. The highest BCUT2D eigenvalue weighted by Gasteiger charge is 2.31. The average molecular weight is 388 g/mol. The molecule has 0 aliphatic carbocycles. The molecule has 0 unspecified atom stereocenters. The fourth-order valence-corrected chi connectivity index (χ4v) is 4.14. The summed E-state index contributed by atoms with van der Waals surface area (Å²) >= 11 is 1.45. The third-order valence-electron chi connectivity index (χ3n) is 4.82. The summed E-state index contributed by atoms with van der Waals surface area (Å²) in [6.07, 6.45) is 1.21. The quantitative estimate of drug-likeness (QED) is 0.725. The zero-order valence-corrected chi connectivity index (χ0v) is 16.2. The third-order valence-corrected chi connectivity index (χ3v) is 5.63. The molecule has 0 aromatic heterocycles. The highest BCUT2D eigenvalue weighted by Crippen LogP contribution is 2.28. The van der Waals surface area contributed by atoms with Gasteiger partial charge in [-0.15, -0.1) is 11.8 Å². The van der Waals surface area contributed by atoms with Crippen molar-refractivity contribution >= 4 is 35.2 Å². The summed E-state index contributed by atoms with van der Waals surface area (Å²) in [4.78, 5) is 40.4. The molecular weight excluding hydrogens is 364 g/mol. The number of amides is 2. The van der Waals surface area contributed by atoms with E-state index in [1.54, 1.807) is 16.7 Å². The Labute approximate surface area is 163 Å². The number of nitrogens with zero attached hydrogens (tertiary/aromatic N) is 2. The maximum absolute atomic E-state index is 12.8. The molecule has 27 heavy (non-hydrogen) atoms. The first-order valence-electron chi connectivity index (χ1n) is 9.22. The van der Waals surface area contributed by atoms with Gasteiger partial charge in [0.15, 0.2) is 0 Å². The van der Waals surface area contributed by atoms with Gasteiger partial charge in [-0.1, -0.05) is 30.3 Å². The number of hydrogen-bond donors (Lipinski definition) is 0. The number of rotatable bonds is 5. The lowest BCUT2D eigenvalue weighted by Crippen LogP contribution is -2.47. The Bertz CT molecular complexity index is 727. The van der Waals surface area contributed by atoms with Crippen molar-refractivity contribution in [3.63, 3.8) is 0 Å². The zero-order valence-electron chi connectivity index (χ0n) is 15.4. The lowest BCUT2D eigenvalue weighted by atomic mass is 9.97. The molecule has 1 aromatic rings. The Morgan fingerprint density at radius 3 is 2.56 bits per heavy atom. The van der Waals surface area contributed by atoms with Gasteiger partial charge in [-0.05, 0) is 30.7 Å². The van der Waals surface area contributed by atoms with Crippen molar-refractivity contribution in [2.45, 2.75) is 19.8 Å². The molecule has 2 amide bonds. The van der Waals surface area contributed by atoms with Gasteiger partial charge in [-0.3, -0.25) is 14.4 Å². The molecule has 2 aliphatic rings. The summed E-state index contributed by atoms with van der Waals surface area (Å²) < 4.78 is 5.07. The number of likely N-dealkylation sites (tertiary alicyclic amines) is 1. The van der Waals surface area contributed by atoms with Gasteiger partial charge in [-0.2, -0.15) is 0 Å². The van der Waals surface area contributed by atoms with Crippen molar-refractivity contribution in [3.8, 4) is 0 Å². The summed E-state index contributed by atoms with van der Waals surface area (Å²) in [5.41, 5.74) is 1.69. The van der Waals surface area contributed by atoms with Crippen molar-refractivity contribution in [3.05, 3.63) is 41.3 Å². The first-order chi connectivity index (χ1) is 13.1. The molecule has 0 radical (unpaired) electrons. The first-order valence-corrected chi connectivity index (χ1v) is 10.3. The van der Waals surface area contributed by atoms with Crippen molar-refractivity contribution < 1.29 is 19.1 Å². The molecule has 3 rings (SSSR count). The normalized spacial score (nSPS) is 18.3. The largest absolute Gasteiger partial charge is 0.466 e. The van der Waals surface area contributed by atoms with Gasteiger partial charge in [0.25, 0.3) is 0 Å². The molecule has 2 heterocycles. The highest BCUT2D eigenvalue weighted by molar-refractivity contribution is 8.03. The minimum Gasteiger partial charge on any atom is -0.466 e.